The number of fused-ring (bicyclic) bond motifs is 4. The molecule has 1 aliphatic heterocycles. The van der Waals surface area contributed by atoms with Crippen molar-refractivity contribution >= 4 is 21.7 Å². The Labute approximate surface area is 201 Å². The summed E-state index contributed by atoms with van der Waals surface area (Å²) in [5.74, 6) is 0.908. The van der Waals surface area contributed by atoms with Gasteiger partial charge in [0.1, 0.15) is 5.75 Å². The molecule has 4 aromatic carbocycles. The van der Waals surface area contributed by atoms with Crippen molar-refractivity contribution in [2.24, 2.45) is 0 Å². The summed E-state index contributed by atoms with van der Waals surface area (Å²) in [7, 11) is 1.72. The van der Waals surface area contributed by atoms with Crippen molar-refractivity contribution in [1.29, 1.82) is 0 Å². The van der Waals surface area contributed by atoms with E-state index >= 15 is 0 Å². The van der Waals surface area contributed by atoms with E-state index in [-0.39, 0.29) is 0 Å². The first-order valence-corrected chi connectivity index (χ1v) is 12.2. The molecule has 6 rings (SSSR count). The lowest BCUT2D eigenvalue weighted by Crippen LogP contribution is -2.35. The van der Waals surface area contributed by atoms with Gasteiger partial charge in [-0.05, 0) is 64.9 Å². The van der Waals surface area contributed by atoms with E-state index in [0.29, 0.717) is 6.04 Å². The van der Waals surface area contributed by atoms with Gasteiger partial charge in [-0.25, -0.2) is 0 Å². The van der Waals surface area contributed by atoms with Crippen LogP contribution in [0.5, 0.6) is 5.75 Å². The lowest BCUT2D eigenvalue weighted by Gasteiger charge is -2.36. The summed E-state index contributed by atoms with van der Waals surface area (Å²) in [6.45, 7) is 2.07. The summed E-state index contributed by atoms with van der Waals surface area (Å²) < 4.78 is 5.39. The number of rotatable bonds is 6. The van der Waals surface area contributed by atoms with E-state index in [4.69, 9.17) is 4.74 Å². The van der Waals surface area contributed by atoms with Crippen LogP contribution in [-0.4, -0.2) is 23.5 Å². The number of benzene rings is 4. The molecule has 1 aliphatic rings. The van der Waals surface area contributed by atoms with E-state index in [0.717, 1.165) is 38.1 Å². The maximum absolute atomic E-state index is 5.39. The number of para-hydroxylation sites is 1. The average molecular weight is 447 g/mol. The predicted octanol–water partition coefficient (Wildman–Crippen LogP) is 7.06. The number of nitrogens with zero attached hydrogens (tertiary/aromatic N) is 1. The molecule has 3 heteroatoms. The molecule has 1 N–H and O–H groups in total. The highest BCUT2D eigenvalue weighted by atomic mass is 16.5. The fourth-order valence-corrected chi connectivity index (χ4v) is 5.56. The summed E-state index contributed by atoms with van der Waals surface area (Å²) in [5.41, 5.74) is 6.95. The van der Waals surface area contributed by atoms with Crippen molar-refractivity contribution in [3.8, 4) is 5.75 Å². The Morgan fingerprint density at radius 1 is 0.853 bits per heavy atom. The second-order valence-electron chi connectivity index (χ2n) is 9.37. The third-order valence-electron chi connectivity index (χ3n) is 7.32. The standard InChI is InChI=1S/C31H30N2O/c1-34-26-15-14-24-19-22(11-13-25(24)20-26)12-16-30-31-28(27-9-5-6-10-29(27)32-31)17-18-33(30)21-23-7-3-2-4-8-23/h2-11,13-15,19-20,30,32H,12,16-18,21H2,1H3. The second-order valence-corrected chi connectivity index (χ2v) is 9.37. The van der Waals surface area contributed by atoms with E-state index < -0.39 is 0 Å². The van der Waals surface area contributed by atoms with Gasteiger partial charge in [0.2, 0.25) is 0 Å². The summed E-state index contributed by atoms with van der Waals surface area (Å²) in [6.07, 6.45) is 3.24. The van der Waals surface area contributed by atoms with Gasteiger partial charge in [0, 0.05) is 29.7 Å². The van der Waals surface area contributed by atoms with Gasteiger partial charge in [0.05, 0.1) is 13.2 Å². The van der Waals surface area contributed by atoms with Crippen molar-refractivity contribution in [2.75, 3.05) is 13.7 Å². The van der Waals surface area contributed by atoms with Crippen LogP contribution in [-0.2, 0) is 19.4 Å². The first kappa shape index (κ1) is 21.0. The fourth-order valence-electron chi connectivity index (χ4n) is 5.56. The van der Waals surface area contributed by atoms with Crippen LogP contribution in [0.25, 0.3) is 21.7 Å². The zero-order valence-corrected chi connectivity index (χ0v) is 19.6. The number of aryl methyl sites for hydroxylation is 1. The number of nitrogens with one attached hydrogen (secondary N) is 1. The van der Waals surface area contributed by atoms with Crippen molar-refractivity contribution in [3.63, 3.8) is 0 Å². The zero-order valence-electron chi connectivity index (χ0n) is 19.6. The first-order valence-electron chi connectivity index (χ1n) is 12.2. The molecule has 0 saturated heterocycles. The molecule has 0 spiro atoms. The van der Waals surface area contributed by atoms with Crippen LogP contribution < -0.4 is 4.74 Å². The van der Waals surface area contributed by atoms with Gasteiger partial charge in [-0.2, -0.15) is 0 Å². The number of hydrogen-bond donors (Lipinski definition) is 1. The predicted molar refractivity (Wildman–Crippen MR) is 140 cm³/mol. The summed E-state index contributed by atoms with van der Waals surface area (Å²) in [5, 5.41) is 3.89. The normalized spacial score (nSPS) is 16.1. The van der Waals surface area contributed by atoms with Crippen LogP contribution >= 0.6 is 0 Å². The number of aromatic amines is 1. The molecule has 170 valence electrons. The molecule has 0 fully saturated rings. The Morgan fingerprint density at radius 2 is 1.65 bits per heavy atom. The highest BCUT2D eigenvalue weighted by molar-refractivity contribution is 5.85. The van der Waals surface area contributed by atoms with E-state index in [2.05, 4.69) is 94.8 Å². The molecule has 1 atom stereocenters. The minimum absolute atomic E-state index is 0.378. The van der Waals surface area contributed by atoms with Crippen LogP contribution in [0.15, 0.2) is 91.0 Å². The second kappa shape index (κ2) is 9.00. The smallest absolute Gasteiger partial charge is 0.119 e. The highest BCUT2D eigenvalue weighted by Gasteiger charge is 2.30. The van der Waals surface area contributed by atoms with Gasteiger partial charge in [-0.3, -0.25) is 4.90 Å². The zero-order chi connectivity index (χ0) is 22.9. The van der Waals surface area contributed by atoms with E-state index in [1.165, 1.54) is 44.1 Å². The first-order chi connectivity index (χ1) is 16.8. The Bertz CT molecular complexity index is 1440. The SMILES string of the molecule is COc1ccc2cc(CCC3c4[nH]c5ccccc5c4CCN3Cc3ccccc3)ccc2c1. The lowest BCUT2D eigenvalue weighted by molar-refractivity contribution is 0.164. The van der Waals surface area contributed by atoms with Crippen LogP contribution in [0.4, 0.5) is 0 Å². The Hall–Kier alpha value is -3.56. The number of H-pyrrole nitrogens is 1. The maximum Gasteiger partial charge on any atom is 0.119 e. The average Bonchev–Trinajstić information content (AvgIpc) is 3.27. The molecule has 34 heavy (non-hydrogen) atoms. The Morgan fingerprint density at radius 3 is 2.53 bits per heavy atom. The minimum Gasteiger partial charge on any atom is -0.497 e. The number of hydrogen-bond acceptors (Lipinski definition) is 2. The van der Waals surface area contributed by atoms with Crippen LogP contribution in [0, 0.1) is 0 Å². The molecule has 0 amide bonds. The minimum atomic E-state index is 0.378. The largest absolute Gasteiger partial charge is 0.497 e. The molecular weight excluding hydrogens is 416 g/mol. The Kier molecular flexibility index (Phi) is 5.56. The molecule has 0 bridgehead atoms. The van der Waals surface area contributed by atoms with Crippen molar-refractivity contribution in [3.05, 3.63) is 113 Å². The topological polar surface area (TPSA) is 28.3 Å². The van der Waals surface area contributed by atoms with Crippen molar-refractivity contribution in [2.45, 2.75) is 31.8 Å². The Balaban J connectivity index is 1.31. The van der Waals surface area contributed by atoms with Crippen molar-refractivity contribution in [1.82, 2.24) is 9.88 Å². The molecule has 0 aliphatic carbocycles. The quantitative estimate of drug-likeness (QED) is 0.302. The number of aromatic nitrogens is 1. The van der Waals surface area contributed by atoms with Gasteiger partial charge in [-0.1, -0.05) is 72.8 Å². The van der Waals surface area contributed by atoms with Crippen LogP contribution in [0.1, 0.15) is 34.8 Å². The summed E-state index contributed by atoms with van der Waals surface area (Å²) in [6, 6.07) is 33.2. The van der Waals surface area contributed by atoms with Gasteiger partial charge < -0.3 is 9.72 Å². The van der Waals surface area contributed by atoms with Crippen LogP contribution in [0.3, 0.4) is 0 Å². The third-order valence-corrected chi connectivity index (χ3v) is 7.32. The monoisotopic (exact) mass is 446 g/mol. The molecule has 0 radical (unpaired) electrons. The molecule has 5 aromatic rings. The number of ether oxygens (including phenoxy) is 1. The van der Waals surface area contributed by atoms with Gasteiger partial charge >= 0.3 is 0 Å². The van der Waals surface area contributed by atoms with Gasteiger partial charge in [-0.15, -0.1) is 0 Å². The fraction of sp³-hybridized carbons (Fsp3) is 0.226. The molecule has 0 saturated carbocycles. The molecule has 1 aromatic heterocycles. The van der Waals surface area contributed by atoms with E-state index in [1.54, 1.807) is 7.11 Å². The summed E-state index contributed by atoms with van der Waals surface area (Å²) in [4.78, 5) is 6.47. The molecule has 1 unspecified atom stereocenters. The molecular formula is C31H30N2O. The lowest BCUT2D eigenvalue weighted by atomic mass is 9.92. The van der Waals surface area contributed by atoms with Gasteiger partial charge in [0.15, 0.2) is 0 Å². The van der Waals surface area contributed by atoms with E-state index in [9.17, 15) is 0 Å². The highest BCUT2D eigenvalue weighted by Crippen LogP contribution is 2.38. The third kappa shape index (κ3) is 3.97. The number of methoxy groups -OCH3 is 1. The maximum atomic E-state index is 5.39. The van der Waals surface area contributed by atoms with E-state index in [1.807, 2.05) is 6.07 Å². The van der Waals surface area contributed by atoms with Crippen LogP contribution in [0.2, 0.25) is 0 Å². The van der Waals surface area contributed by atoms with Gasteiger partial charge in [0.25, 0.3) is 0 Å². The summed E-state index contributed by atoms with van der Waals surface area (Å²) >= 11 is 0. The molecule has 2 heterocycles. The van der Waals surface area contributed by atoms with Crippen molar-refractivity contribution < 1.29 is 4.74 Å². The molecule has 3 nitrogen and oxygen atoms in total.